The number of likely N-dealkylation sites (N-methyl/N-ethyl adjacent to an activating group) is 1. The number of nitrogens with zero attached hydrogens (tertiary/aromatic N) is 1. The highest BCUT2D eigenvalue weighted by Crippen LogP contribution is 2.30. The maximum atomic E-state index is 12.0. The molecule has 0 fully saturated rings. The molecule has 0 atom stereocenters. The Morgan fingerprint density at radius 2 is 1.76 bits per heavy atom. The maximum Gasteiger partial charge on any atom is 0.273 e. The van der Waals surface area contributed by atoms with Gasteiger partial charge in [0.05, 0.1) is 0 Å². The average Bonchev–Trinajstić information content (AvgIpc) is 2.54. The summed E-state index contributed by atoms with van der Waals surface area (Å²) in [7, 11) is 3.00. The van der Waals surface area contributed by atoms with Crippen LogP contribution in [0.5, 0.6) is 0 Å². The minimum Gasteiger partial charge on any atom is -0.398 e. The quantitative estimate of drug-likeness (QED) is 0.682. The van der Waals surface area contributed by atoms with Gasteiger partial charge in [-0.25, -0.2) is 0 Å². The van der Waals surface area contributed by atoms with Crippen LogP contribution in [-0.2, 0) is 9.63 Å². The number of hydrogen-bond donors (Lipinski definition) is 1. The van der Waals surface area contributed by atoms with Crippen molar-refractivity contribution in [1.29, 1.82) is 0 Å². The maximum absolute atomic E-state index is 12.0. The van der Waals surface area contributed by atoms with Gasteiger partial charge in [-0.2, -0.15) is 0 Å². The molecular formula is C16H16N2O2S. The number of carbonyl (C=O) groups is 1. The molecule has 2 aromatic rings. The van der Waals surface area contributed by atoms with Gasteiger partial charge in [0.2, 0.25) is 0 Å². The lowest BCUT2D eigenvalue weighted by molar-refractivity contribution is -0.114. The number of oxime groups is 1. The number of hydrogen-bond acceptors (Lipinski definition) is 4. The van der Waals surface area contributed by atoms with Crippen molar-refractivity contribution in [3.05, 3.63) is 60.2 Å². The average molecular weight is 300 g/mol. The molecule has 2 rings (SSSR count). The molecule has 21 heavy (non-hydrogen) atoms. The minimum atomic E-state index is -0.280. The van der Waals surface area contributed by atoms with Crippen molar-refractivity contribution in [3.63, 3.8) is 0 Å². The zero-order valence-corrected chi connectivity index (χ0v) is 12.7. The van der Waals surface area contributed by atoms with E-state index in [1.807, 2.05) is 54.6 Å². The van der Waals surface area contributed by atoms with Crippen molar-refractivity contribution >= 4 is 23.4 Å². The van der Waals surface area contributed by atoms with Crippen molar-refractivity contribution in [2.75, 3.05) is 14.2 Å². The van der Waals surface area contributed by atoms with Crippen molar-refractivity contribution in [2.24, 2.45) is 5.16 Å². The van der Waals surface area contributed by atoms with E-state index in [1.165, 1.54) is 7.11 Å². The molecule has 0 saturated carbocycles. The molecule has 0 bridgehead atoms. The fraction of sp³-hybridized carbons (Fsp3) is 0.125. The minimum absolute atomic E-state index is 0.263. The summed E-state index contributed by atoms with van der Waals surface area (Å²) in [6, 6.07) is 17.6. The van der Waals surface area contributed by atoms with Crippen molar-refractivity contribution in [3.8, 4) is 0 Å². The van der Waals surface area contributed by atoms with Gasteiger partial charge in [-0.1, -0.05) is 53.3 Å². The van der Waals surface area contributed by atoms with Crippen molar-refractivity contribution in [1.82, 2.24) is 5.32 Å². The third-order valence-corrected chi connectivity index (χ3v) is 3.82. The third-order valence-electron chi connectivity index (χ3n) is 2.74. The monoisotopic (exact) mass is 300 g/mol. The Bertz CT molecular complexity index is 642. The third kappa shape index (κ3) is 3.86. The van der Waals surface area contributed by atoms with E-state index < -0.39 is 0 Å². The summed E-state index contributed by atoms with van der Waals surface area (Å²) in [6.45, 7) is 0. The molecule has 0 spiro atoms. The Hall–Kier alpha value is -2.27. The summed E-state index contributed by atoms with van der Waals surface area (Å²) in [5.74, 6) is -0.280. The second-order valence-electron chi connectivity index (χ2n) is 4.11. The van der Waals surface area contributed by atoms with E-state index in [0.717, 1.165) is 15.4 Å². The van der Waals surface area contributed by atoms with Gasteiger partial charge in [-0.15, -0.1) is 0 Å². The Morgan fingerprint density at radius 1 is 1.10 bits per heavy atom. The van der Waals surface area contributed by atoms with Crippen LogP contribution in [0.25, 0.3) is 0 Å². The fourth-order valence-corrected chi connectivity index (χ4v) is 2.76. The highest BCUT2D eigenvalue weighted by atomic mass is 32.2. The van der Waals surface area contributed by atoms with E-state index in [9.17, 15) is 4.79 Å². The first-order chi connectivity index (χ1) is 10.3. The molecule has 0 saturated heterocycles. The summed E-state index contributed by atoms with van der Waals surface area (Å²) >= 11 is 1.58. The predicted molar refractivity (Wildman–Crippen MR) is 84.6 cm³/mol. The summed E-state index contributed by atoms with van der Waals surface area (Å²) < 4.78 is 0. The van der Waals surface area contributed by atoms with E-state index >= 15 is 0 Å². The summed E-state index contributed by atoms with van der Waals surface area (Å²) in [6.07, 6.45) is 0. The van der Waals surface area contributed by atoms with Gasteiger partial charge in [-0.3, -0.25) is 4.79 Å². The van der Waals surface area contributed by atoms with Crippen LogP contribution in [0.4, 0.5) is 0 Å². The van der Waals surface area contributed by atoms with Crippen LogP contribution in [0.2, 0.25) is 0 Å². The van der Waals surface area contributed by atoms with Gasteiger partial charge >= 0.3 is 0 Å². The topological polar surface area (TPSA) is 50.7 Å². The highest BCUT2D eigenvalue weighted by Gasteiger charge is 2.17. The molecule has 0 radical (unpaired) electrons. The van der Waals surface area contributed by atoms with E-state index in [1.54, 1.807) is 18.8 Å². The summed E-state index contributed by atoms with van der Waals surface area (Å²) in [4.78, 5) is 18.8. The second-order valence-corrected chi connectivity index (χ2v) is 5.23. The van der Waals surface area contributed by atoms with E-state index in [-0.39, 0.29) is 11.6 Å². The van der Waals surface area contributed by atoms with Crippen molar-refractivity contribution in [2.45, 2.75) is 9.79 Å². The van der Waals surface area contributed by atoms with E-state index in [4.69, 9.17) is 4.84 Å². The number of amides is 1. The molecule has 5 heteroatoms. The Kier molecular flexibility index (Phi) is 5.40. The molecule has 1 N–H and O–H groups in total. The highest BCUT2D eigenvalue weighted by molar-refractivity contribution is 7.99. The van der Waals surface area contributed by atoms with Crippen LogP contribution in [0.3, 0.4) is 0 Å². The van der Waals surface area contributed by atoms with Crippen molar-refractivity contribution < 1.29 is 9.63 Å². The number of nitrogens with one attached hydrogen (secondary N) is 1. The van der Waals surface area contributed by atoms with E-state index in [0.29, 0.717) is 0 Å². The lowest BCUT2D eigenvalue weighted by Crippen LogP contribution is -2.29. The molecular weight excluding hydrogens is 284 g/mol. The fourth-order valence-electron chi connectivity index (χ4n) is 1.79. The first-order valence-corrected chi connectivity index (χ1v) is 7.23. The van der Waals surface area contributed by atoms with Crippen LogP contribution < -0.4 is 5.32 Å². The molecule has 108 valence electrons. The standard InChI is InChI=1S/C16H16N2O2S/c1-17-16(19)15(18-20-2)13-10-6-7-11-14(13)21-12-8-4-3-5-9-12/h3-11H,1-2H3,(H,17,19). The lowest BCUT2D eigenvalue weighted by Gasteiger charge is -2.10. The molecule has 0 aliphatic heterocycles. The summed E-state index contributed by atoms with van der Waals surface area (Å²) in [5.41, 5.74) is 1.01. The molecule has 0 aromatic heterocycles. The van der Waals surface area contributed by atoms with E-state index in [2.05, 4.69) is 10.5 Å². The SMILES string of the molecule is CNC(=O)C(=NOC)c1ccccc1Sc1ccccc1. The zero-order chi connectivity index (χ0) is 15.1. The molecule has 0 unspecified atom stereocenters. The van der Waals surface area contributed by atoms with Gasteiger partial charge in [0.1, 0.15) is 7.11 Å². The van der Waals surface area contributed by atoms with Crippen LogP contribution >= 0.6 is 11.8 Å². The van der Waals surface area contributed by atoms with Gasteiger partial charge in [0, 0.05) is 22.4 Å². The molecule has 0 aliphatic rings. The number of rotatable bonds is 5. The van der Waals surface area contributed by atoms with Crippen LogP contribution in [0.15, 0.2) is 69.5 Å². The Morgan fingerprint density at radius 3 is 2.43 bits per heavy atom. The Labute approximate surface area is 128 Å². The van der Waals surface area contributed by atoms with Gasteiger partial charge < -0.3 is 10.2 Å². The van der Waals surface area contributed by atoms with Gasteiger partial charge in [0.15, 0.2) is 5.71 Å². The largest absolute Gasteiger partial charge is 0.398 e. The molecule has 0 aliphatic carbocycles. The molecule has 1 amide bonds. The van der Waals surface area contributed by atoms with Gasteiger partial charge in [0.25, 0.3) is 5.91 Å². The first kappa shape index (κ1) is 15.1. The van der Waals surface area contributed by atoms with Crippen LogP contribution in [0, 0.1) is 0 Å². The predicted octanol–water partition coefficient (Wildman–Crippen LogP) is 2.93. The van der Waals surface area contributed by atoms with Crippen LogP contribution in [0.1, 0.15) is 5.56 Å². The molecule has 4 nitrogen and oxygen atoms in total. The smallest absolute Gasteiger partial charge is 0.273 e. The van der Waals surface area contributed by atoms with Crippen LogP contribution in [-0.4, -0.2) is 25.8 Å². The molecule has 2 aromatic carbocycles. The van der Waals surface area contributed by atoms with Gasteiger partial charge in [-0.05, 0) is 18.2 Å². The molecule has 0 heterocycles. The number of carbonyl (C=O) groups excluding carboxylic acids is 1. The Balaban J connectivity index is 2.40. The number of benzene rings is 2. The second kappa shape index (κ2) is 7.50. The summed E-state index contributed by atoms with van der Waals surface area (Å²) in [5, 5.41) is 6.44. The zero-order valence-electron chi connectivity index (χ0n) is 11.9. The normalized spacial score (nSPS) is 11.0. The first-order valence-electron chi connectivity index (χ1n) is 6.41. The lowest BCUT2D eigenvalue weighted by atomic mass is 10.1.